The second kappa shape index (κ2) is 9.58. The summed E-state index contributed by atoms with van der Waals surface area (Å²) >= 11 is 0. The summed E-state index contributed by atoms with van der Waals surface area (Å²) in [5.41, 5.74) is 2.79. The van der Waals surface area contributed by atoms with Crippen molar-refractivity contribution >= 4 is 6.40 Å². The minimum absolute atomic E-state index is 0.00114. The Balaban J connectivity index is 1.53. The van der Waals surface area contributed by atoms with E-state index in [0.29, 0.717) is 17.0 Å². The van der Waals surface area contributed by atoms with E-state index in [1.54, 1.807) is 36.2 Å². The normalized spacial score (nSPS) is 10.9. The van der Waals surface area contributed by atoms with Gasteiger partial charge < -0.3 is 14.3 Å². The summed E-state index contributed by atoms with van der Waals surface area (Å²) in [5, 5.41) is 8.44. The number of hydrogen-bond donors (Lipinski definition) is 0. The van der Waals surface area contributed by atoms with E-state index in [4.69, 9.17) is 14.3 Å². The van der Waals surface area contributed by atoms with Gasteiger partial charge in [-0.3, -0.25) is 0 Å². The molecular weight excluding hydrogens is 397 g/mol. The van der Waals surface area contributed by atoms with E-state index in [0.717, 1.165) is 17.0 Å². The molecule has 0 bridgehead atoms. The minimum atomic E-state index is -0.343. The third-order valence-electron chi connectivity index (χ3n) is 4.54. The van der Waals surface area contributed by atoms with Gasteiger partial charge in [0.1, 0.15) is 23.9 Å². The Labute approximate surface area is 179 Å². The van der Waals surface area contributed by atoms with E-state index >= 15 is 0 Å². The van der Waals surface area contributed by atoms with E-state index in [1.807, 2.05) is 54.6 Å². The van der Waals surface area contributed by atoms with Gasteiger partial charge in [-0.15, -0.1) is 0 Å². The van der Waals surface area contributed by atoms with Gasteiger partial charge in [0.25, 0.3) is 0 Å². The molecule has 0 fully saturated rings. The van der Waals surface area contributed by atoms with Crippen molar-refractivity contribution in [1.82, 2.24) is 9.78 Å². The lowest BCUT2D eigenvalue weighted by atomic mass is 10.1. The first-order valence-corrected chi connectivity index (χ1v) is 9.58. The van der Waals surface area contributed by atoms with Crippen LogP contribution in [-0.2, 0) is 11.4 Å². The number of halogens is 1. The summed E-state index contributed by atoms with van der Waals surface area (Å²) in [6, 6.07) is 23.6. The molecule has 0 amide bonds. The standard InChI is InChI=1S/C24H20FN3O3/c1-29-21-13-11-18(12-14-21)24-23(15-28(27-24)20-8-3-2-4-9-20)30-17-26-31-16-19-7-5-6-10-22(19)25/h2-15,17H,16H2,1H3. The van der Waals surface area contributed by atoms with Gasteiger partial charge in [0.15, 0.2) is 5.75 Å². The van der Waals surface area contributed by atoms with Crippen molar-refractivity contribution in [3.8, 4) is 28.4 Å². The number of para-hydroxylation sites is 1. The molecule has 3 aromatic carbocycles. The Bertz CT molecular complexity index is 1160. The number of benzene rings is 3. The van der Waals surface area contributed by atoms with Crippen LogP contribution in [0.4, 0.5) is 4.39 Å². The van der Waals surface area contributed by atoms with E-state index in [-0.39, 0.29) is 12.4 Å². The highest BCUT2D eigenvalue weighted by Gasteiger charge is 2.14. The highest BCUT2D eigenvalue weighted by molar-refractivity contribution is 5.69. The zero-order valence-corrected chi connectivity index (χ0v) is 16.8. The molecule has 0 atom stereocenters. The Hall–Kier alpha value is -4.13. The van der Waals surface area contributed by atoms with Crippen LogP contribution >= 0.6 is 0 Å². The quantitative estimate of drug-likeness (QED) is 0.224. The van der Waals surface area contributed by atoms with Crippen LogP contribution in [0.25, 0.3) is 16.9 Å². The molecule has 6 nitrogen and oxygen atoms in total. The monoisotopic (exact) mass is 417 g/mol. The summed E-state index contributed by atoms with van der Waals surface area (Å²) < 4.78 is 26.3. The molecule has 4 rings (SSSR count). The first-order chi connectivity index (χ1) is 15.2. The van der Waals surface area contributed by atoms with Crippen molar-refractivity contribution in [1.29, 1.82) is 0 Å². The molecule has 1 heterocycles. The lowest BCUT2D eigenvalue weighted by Crippen LogP contribution is -1.95. The van der Waals surface area contributed by atoms with Gasteiger partial charge in [-0.1, -0.05) is 41.6 Å². The predicted molar refractivity (Wildman–Crippen MR) is 116 cm³/mol. The molecule has 0 N–H and O–H groups in total. The molecule has 0 saturated carbocycles. The van der Waals surface area contributed by atoms with Gasteiger partial charge in [0.05, 0.1) is 19.0 Å². The van der Waals surface area contributed by atoms with Crippen molar-refractivity contribution in [3.05, 3.63) is 96.4 Å². The van der Waals surface area contributed by atoms with Crippen molar-refractivity contribution < 1.29 is 18.7 Å². The first-order valence-electron chi connectivity index (χ1n) is 9.58. The van der Waals surface area contributed by atoms with Crippen molar-refractivity contribution in [2.45, 2.75) is 6.61 Å². The molecule has 7 heteroatoms. The molecule has 1 aromatic heterocycles. The van der Waals surface area contributed by atoms with E-state index in [2.05, 4.69) is 10.3 Å². The second-order valence-corrected chi connectivity index (χ2v) is 6.54. The largest absolute Gasteiger partial charge is 0.497 e. The SMILES string of the molecule is COc1ccc(-c2nn(-c3ccccc3)cc2OC=NOCc2ccccc2F)cc1. The van der Waals surface area contributed by atoms with Crippen LogP contribution < -0.4 is 9.47 Å². The average molecular weight is 417 g/mol. The summed E-state index contributed by atoms with van der Waals surface area (Å²) in [4.78, 5) is 5.15. The third kappa shape index (κ3) is 4.90. The lowest BCUT2D eigenvalue weighted by molar-refractivity contribution is 0.125. The molecule has 0 aliphatic rings. The molecule has 0 spiro atoms. The zero-order chi connectivity index (χ0) is 21.5. The fourth-order valence-electron chi connectivity index (χ4n) is 2.94. The van der Waals surface area contributed by atoms with Crippen LogP contribution in [0.1, 0.15) is 5.56 Å². The van der Waals surface area contributed by atoms with Gasteiger partial charge in [-0.2, -0.15) is 5.10 Å². The molecule has 0 aliphatic carbocycles. The summed E-state index contributed by atoms with van der Waals surface area (Å²) in [6.07, 6.45) is 2.93. The van der Waals surface area contributed by atoms with Crippen LogP contribution in [-0.4, -0.2) is 23.3 Å². The van der Waals surface area contributed by atoms with Gasteiger partial charge in [0, 0.05) is 11.1 Å². The van der Waals surface area contributed by atoms with Crippen LogP contribution in [0, 0.1) is 5.82 Å². The zero-order valence-electron chi connectivity index (χ0n) is 16.8. The maximum absolute atomic E-state index is 13.6. The van der Waals surface area contributed by atoms with Gasteiger partial charge in [-0.05, 0) is 42.5 Å². The van der Waals surface area contributed by atoms with Gasteiger partial charge >= 0.3 is 0 Å². The van der Waals surface area contributed by atoms with Crippen LogP contribution in [0.15, 0.2) is 90.2 Å². The number of methoxy groups -OCH3 is 1. The van der Waals surface area contributed by atoms with Crippen LogP contribution in [0.5, 0.6) is 11.5 Å². The lowest BCUT2D eigenvalue weighted by Gasteiger charge is -2.03. The molecular formula is C24H20FN3O3. The topological polar surface area (TPSA) is 57.9 Å². The highest BCUT2D eigenvalue weighted by atomic mass is 19.1. The summed E-state index contributed by atoms with van der Waals surface area (Å²) in [7, 11) is 1.62. The van der Waals surface area contributed by atoms with E-state index < -0.39 is 0 Å². The Morgan fingerprint density at radius 1 is 0.968 bits per heavy atom. The number of rotatable bonds is 8. The molecule has 0 radical (unpaired) electrons. The maximum atomic E-state index is 13.6. The number of hydrogen-bond acceptors (Lipinski definition) is 5. The Kier molecular flexibility index (Phi) is 6.23. The maximum Gasteiger partial charge on any atom is 0.218 e. The number of aromatic nitrogens is 2. The molecule has 156 valence electrons. The Morgan fingerprint density at radius 3 is 2.45 bits per heavy atom. The van der Waals surface area contributed by atoms with Crippen molar-refractivity contribution in [3.63, 3.8) is 0 Å². The van der Waals surface area contributed by atoms with Crippen molar-refractivity contribution in [2.75, 3.05) is 7.11 Å². The van der Waals surface area contributed by atoms with Crippen LogP contribution in [0.3, 0.4) is 0 Å². The second-order valence-electron chi connectivity index (χ2n) is 6.54. The number of oxime groups is 1. The molecule has 4 aromatic rings. The van der Waals surface area contributed by atoms with E-state index in [9.17, 15) is 4.39 Å². The minimum Gasteiger partial charge on any atom is -0.497 e. The molecule has 31 heavy (non-hydrogen) atoms. The molecule has 0 aliphatic heterocycles. The average Bonchev–Trinajstić information content (AvgIpc) is 3.25. The predicted octanol–water partition coefficient (Wildman–Crippen LogP) is 5.23. The first kappa shape index (κ1) is 20.2. The highest BCUT2D eigenvalue weighted by Crippen LogP contribution is 2.30. The van der Waals surface area contributed by atoms with E-state index in [1.165, 1.54) is 12.5 Å². The number of ether oxygens (including phenoxy) is 2. The smallest absolute Gasteiger partial charge is 0.218 e. The van der Waals surface area contributed by atoms with Crippen LogP contribution in [0.2, 0.25) is 0 Å². The van der Waals surface area contributed by atoms with Gasteiger partial charge in [0.2, 0.25) is 6.40 Å². The molecule has 0 unspecified atom stereocenters. The summed E-state index contributed by atoms with van der Waals surface area (Å²) in [5.74, 6) is 0.897. The fourth-order valence-corrected chi connectivity index (χ4v) is 2.94. The Morgan fingerprint density at radius 2 is 1.71 bits per heavy atom. The summed E-state index contributed by atoms with van der Waals surface area (Å²) in [6.45, 7) is 0.00114. The van der Waals surface area contributed by atoms with Gasteiger partial charge in [-0.25, -0.2) is 9.07 Å². The third-order valence-corrected chi connectivity index (χ3v) is 4.54. The van der Waals surface area contributed by atoms with Crippen molar-refractivity contribution in [2.24, 2.45) is 5.16 Å². The molecule has 0 saturated heterocycles. The number of nitrogens with zero attached hydrogens (tertiary/aromatic N) is 3. The fraction of sp³-hybridized carbons (Fsp3) is 0.0833.